The number of hydrogen-bond donors (Lipinski definition) is 1. The average molecular weight is 188 g/mol. The first kappa shape index (κ1) is 10.4. The molecule has 72 valence electrons. The van der Waals surface area contributed by atoms with Crippen molar-refractivity contribution in [2.75, 3.05) is 25.1 Å². The van der Waals surface area contributed by atoms with Crippen LogP contribution in [0.4, 0.5) is 0 Å². The van der Waals surface area contributed by atoms with E-state index < -0.39 is 0 Å². The zero-order valence-corrected chi connectivity index (χ0v) is 8.94. The second kappa shape index (κ2) is 5.10. The second-order valence-electron chi connectivity index (χ2n) is 3.63. The molecule has 2 nitrogen and oxygen atoms in total. The quantitative estimate of drug-likeness (QED) is 0.718. The lowest BCUT2D eigenvalue weighted by Gasteiger charge is -2.25. The molecule has 0 radical (unpaired) electrons. The number of rotatable bonds is 4. The summed E-state index contributed by atoms with van der Waals surface area (Å²) in [5.41, 5.74) is 5.89. The summed E-state index contributed by atoms with van der Waals surface area (Å²) in [6.07, 6.45) is 2.43. The van der Waals surface area contributed by atoms with Gasteiger partial charge in [0.25, 0.3) is 0 Å². The fourth-order valence-electron chi connectivity index (χ4n) is 1.52. The third-order valence-electron chi connectivity index (χ3n) is 2.58. The highest BCUT2D eigenvalue weighted by Gasteiger charge is 2.20. The Kier molecular flexibility index (Phi) is 4.40. The maximum absolute atomic E-state index is 5.89. The highest BCUT2D eigenvalue weighted by atomic mass is 32.2. The number of nitrogens with two attached hydrogens (primary N) is 1. The monoisotopic (exact) mass is 188 g/mol. The van der Waals surface area contributed by atoms with Gasteiger partial charge in [-0.25, -0.2) is 0 Å². The summed E-state index contributed by atoms with van der Waals surface area (Å²) in [6.45, 7) is 3.21. The summed E-state index contributed by atoms with van der Waals surface area (Å²) in [6, 6.07) is 1.15. The van der Waals surface area contributed by atoms with Crippen molar-refractivity contribution >= 4 is 11.8 Å². The topological polar surface area (TPSA) is 29.3 Å². The summed E-state index contributed by atoms with van der Waals surface area (Å²) < 4.78 is 0. The molecule has 0 aromatic carbocycles. The van der Waals surface area contributed by atoms with E-state index >= 15 is 0 Å². The van der Waals surface area contributed by atoms with E-state index in [-0.39, 0.29) is 0 Å². The van der Waals surface area contributed by atoms with Crippen LogP contribution in [0.5, 0.6) is 0 Å². The van der Waals surface area contributed by atoms with E-state index in [0.717, 1.165) is 19.0 Å². The third kappa shape index (κ3) is 2.96. The lowest BCUT2D eigenvalue weighted by molar-refractivity contribution is 0.244. The Hall–Kier alpha value is 0.270. The summed E-state index contributed by atoms with van der Waals surface area (Å²) in [7, 11) is 2.20. The van der Waals surface area contributed by atoms with Gasteiger partial charge in [-0.3, -0.25) is 0 Å². The zero-order chi connectivity index (χ0) is 8.97. The van der Waals surface area contributed by atoms with Gasteiger partial charge in [0.2, 0.25) is 0 Å². The number of nitrogens with zero attached hydrogens (tertiary/aromatic N) is 1. The second-order valence-corrected chi connectivity index (χ2v) is 4.78. The molecular formula is C9H20N2S. The van der Waals surface area contributed by atoms with Crippen LogP contribution in [0.2, 0.25) is 0 Å². The van der Waals surface area contributed by atoms with Crippen molar-refractivity contribution in [1.29, 1.82) is 0 Å². The molecule has 2 N–H and O–H groups in total. The van der Waals surface area contributed by atoms with Crippen molar-refractivity contribution in [3.63, 3.8) is 0 Å². The minimum absolute atomic E-state index is 0.362. The van der Waals surface area contributed by atoms with Gasteiger partial charge in [-0.1, -0.05) is 6.92 Å². The van der Waals surface area contributed by atoms with Crippen molar-refractivity contribution in [2.24, 2.45) is 5.73 Å². The molecule has 0 aromatic rings. The maximum atomic E-state index is 5.89. The Morgan fingerprint density at radius 3 is 2.92 bits per heavy atom. The van der Waals surface area contributed by atoms with E-state index in [1.165, 1.54) is 17.9 Å². The summed E-state index contributed by atoms with van der Waals surface area (Å²) in [4.78, 5) is 2.42. The molecular weight excluding hydrogens is 168 g/mol. The van der Waals surface area contributed by atoms with Crippen LogP contribution in [0.15, 0.2) is 0 Å². The van der Waals surface area contributed by atoms with E-state index in [1.807, 2.05) is 0 Å². The molecule has 0 bridgehead atoms. The Labute approximate surface area is 79.9 Å². The van der Waals surface area contributed by atoms with E-state index in [0.29, 0.717) is 6.04 Å². The predicted molar refractivity (Wildman–Crippen MR) is 56.6 cm³/mol. The average Bonchev–Trinajstić information content (AvgIpc) is 2.56. The molecule has 2 unspecified atom stereocenters. The standard InChI is InChI=1S/C9H20N2S/c1-3-8(10)6-11(2)9-4-5-12-7-9/h8-9H,3-7,10H2,1-2H3. The molecule has 1 saturated heterocycles. The molecule has 1 rings (SSSR count). The van der Waals surface area contributed by atoms with Gasteiger partial charge in [0.05, 0.1) is 0 Å². The van der Waals surface area contributed by atoms with Crippen LogP contribution in [0.25, 0.3) is 0 Å². The van der Waals surface area contributed by atoms with Crippen LogP contribution in [-0.2, 0) is 0 Å². The van der Waals surface area contributed by atoms with Crippen LogP contribution in [0.1, 0.15) is 19.8 Å². The number of thioether (sulfide) groups is 1. The molecule has 2 atom stereocenters. The fraction of sp³-hybridized carbons (Fsp3) is 1.00. The van der Waals surface area contributed by atoms with E-state index in [1.54, 1.807) is 0 Å². The van der Waals surface area contributed by atoms with Gasteiger partial charge in [0, 0.05) is 24.4 Å². The normalized spacial score (nSPS) is 26.5. The first-order chi connectivity index (χ1) is 5.74. The number of likely N-dealkylation sites (N-methyl/N-ethyl adjacent to an activating group) is 1. The van der Waals surface area contributed by atoms with Gasteiger partial charge in [-0.15, -0.1) is 0 Å². The molecule has 1 aliphatic heterocycles. The summed E-state index contributed by atoms with van der Waals surface area (Å²) in [5.74, 6) is 2.63. The van der Waals surface area contributed by atoms with E-state index in [9.17, 15) is 0 Å². The molecule has 1 fully saturated rings. The molecule has 12 heavy (non-hydrogen) atoms. The van der Waals surface area contributed by atoms with Crippen molar-refractivity contribution in [3.05, 3.63) is 0 Å². The zero-order valence-electron chi connectivity index (χ0n) is 8.12. The van der Waals surface area contributed by atoms with E-state index in [2.05, 4.69) is 30.6 Å². The first-order valence-electron chi connectivity index (χ1n) is 4.77. The molecule has 3 heteroatoms. The van der Waals surface area contributed by atoms with Crippen LogP contribution < -0.4 is 5.73 Å². The SMILES string of the molecule is CCC(N)CN(C)C1CCSC1. The number of hydrogen-bond acceptors (Lipinski definition) is 3. The molecule has 0 aromatic heterocycles. The van der Waals surface area contributed by atoms with Crippen LogP contribution in [0.3, 0.4) is 0 Å². The van der Waals surface area contributed by atoms with Crippen LogP contribution in [-0.4, -0.2) is 42.1 Å². The molecule has 0 amide bonds. The lowest BCUT2D eigenvalue weighted by Crippen LogP contribution is -2.40. The van der Waals surface area contributed by atoms with Gasteiger partial charge >= 0.3 is 0 Å². The van der Waals surface area contributed by atoms with Crippen LogP contribution in [0, 0.1) is 0 Å². The smallest absolute Gasteiger partial charge is 0.0191 e. The fourth-order valence-corrected chi connectivity index (χ4v) is 2.82. The highest BCUT2D eigenvalue weighted by molar-refractivity contribution is 7.99. The lowest BCUT2D eigenvalue weighted by atomic mass is 10.2. The Morgan fingerprint density at radius 1 is 1.67 bits per heavy atom. The first-order valence-corrected chi connectivity index (χ1v) is 5.93. The molecule has 1 aliphatic rings. The predicted octanol–water partition coefficient (Wildman–Crippen LogP) is 1.16. The maximum Gasteiger partial charge on any atom is 0.0191 e. The molecule has 1 heterocycles. The highest BCUT2D eigenvalue weighted by Crippen LogP contribution is 2.21. The van der Waals surface area contributed by atoms with Gasteiger partial charge < -0.3 is 10.6 Å². The van der Waals surface area contributed by atoms with E-state index in [4.69, 9.17) is 5.73 Å². The van der Waals surface area contributed by atoms with Gasteiger partial charge in [0.15, 0.2) is 0 Å². The van der Waals surface area contributed by atoms with Crippen molar-refractivity contribution < 1.29 is 0 Å². The Morgan fingerprint density at radius 2 is 2.42 bits per heavy atom. The van der Waals surface area contributed by atoms with Gasteiger partial charge in [-0.05, 0) is 25.6 Å². The molecule has 0 saturated carbocycles. The Bertz CT molecular complexity index is 124. The van der Waals surface area contributed by atoms with Gasteiger partial charge in [0.1, 0.15) is 0 Å². The largest absolute Gasteiger partial charge is 0.327 e. The molecule has 0 spiro atoms. The summed E-state index contributed by atoms with van der Waals surface area (Å²) >= 11 is 2.06. The minimum atomic E-state index is 0.362. The van der Waals surface area contributed by atoms with Crippen molar-refractivity contribution in [3.8, 4) is 0 Å². The molecule has 0 aliphatic carbocycles. The summed E-state index contributed by atoms with van der Waals surface area (Å²) in [5, 5.41) is 0. The van der Waals surface area contributed by atoms with Crippen molar-refractivity contribution in [1.82, 2.24) is 4.90 Å². The third-order valence-corrected chi connectivity index (χ3v) is 3.72. The minimum Gasteiger partial charge on any atom is -0.327 e. The van der Waals surface area contributed by atoms with Crippen molar-refractivity contribution in [2.45, 2.75) is 31.8 Å². The van der Waals surface area contributed by atoms with Crippen LogP contribution >= 0.6 is 11.8 Å². The Balaban J connectivity index is 2.21. The van der Waals surface area contributed by atoms with Gasteiger partial charge in [-0.2, -0.15) is 11.8 Å².